The van der Waals surface area contributed by atoms with Crippen molar-refractivity contribution in [1.29, 1.82) is 0 Å². The van der Waals surface area contributed by atoms with Crippen molar-refractivity contribution < 1.29 is 50.2 Å². The summed E-state index contributed by atoms with van der Waals surface area (Å²) in [4.78, 5) is 34.7. The molecule has 2 fully saturated rings. The highest BCUT2D eigenvalue weighted by Gasteiger charge is 2.42. The first-order chi connectivity index (χ1) is 31.9. The average Bonchev–Trinajstić information content (AvgIpc) is 3.98. The Morgan fingerprint density at radius 1 is 0.806 bits per heavy atom. The second kappa shape index (κ2) is 20.4. The van der Waals surface area contributed by atoms with Crippen LogP contribution in [-0.4, -0.2) is 117 Å². The number of carbonyl (C=O) groups is 2. The van der Waals surface area contributed by atoms with Crippen LogP contribution in [0.5, 0.6) is 17.2 Å². The van der Waals surface area contributed by atoms with Gasteiger partial charge in [0, 0.05) is 38.8 Å². The van der Waals surface area contributed by atoms with Gasteiger partial charge >= 0.3 is 6.09 Å². The first-order valence-corrected chi connectivity index (χ1v) is 24.4. The van der Waals surface area contributed by atoms with Crippen LogP contribution in [0.15, 0.2) is 94.7 Å². The third-order valence-corrected chi connectivity index (χ3v) is 14.8. The van der Waals surface area contributed by atoms with E-state index in [0.29, 0.717) is 34.8 Å². The first-order valence-electron chi connectivity index (χ1n) is 21.4. The largest absolute Gasteiger partial charge is 0.497 e. The molecule has 2 aliphatic heterocycles. The number of sulfonamides is 2. The summed E-state index contributed by atoms with van der Waals surface area (Å²) in [6, 6.07) is 22.3. The number of aromatic nitrogens is 4. The Balaban J connectivity index is 1.43. The van der Waals surface area contributed by atoms with Gasteiger partial charge in [0.1, 0.15) is 32.6 Å². The number of nitrogens with two attached hydrogens (primary N) is 1. The molecule has 1 unspecified atom stereocenters. The van der Waals surface area contributed by atoms with Crippen LogP contribution in [0, 0.1) is 0 Å². The van der Waals surface area contributed by atoms with Crippen molar-refractivity contribution in [2.24, 2.45) is 5.90 Å². The maximum Gasteiger partial charge on any atom is 0.410 e. The number of likely N-dealkylation sites (tertiary alicyclic amines) is 1. The van der Waals surface area contributed by atoms with Gasteiger partial charge in [0.05, 0.1) is 39.1 Å². The highest BCUT2D eigenvalue weighted by molar-refractivity contribution is 7.92. The summed E-state index contributed by atoms with van der Waals surface area (Å²) in [5.74, 6) is 6.41. The zero-order valence-corrected chi connectivity index (χ0v) is 39.7. The molecule has 3 N–H and O–H groups in total. The molecular formula is C45H55N9O11S2. The molecule has 2 atom stereocenters. The Morgan fingerprint density at radius 3 is 1.91 bits per heavy atom. The molecular weight excluding hydrogens is 907 g/mol. The van der Waals surface area contributed by atoms with Crippen LogP contribution < -0.4 is 29.7 Å². The highest BCUT2D eigenvalue weighted by atomic mass is 32.2. The van der Waals surface area contributed by atoms with E-state index in [0.717, 1.165) is 15.9 Å². The summed E-state index contributed by atoms with van der Waals surface area (Å²) in [7, 11) is -5.25. The fraction of sp³-hybridized carbons (Fsp3) is 0.400. The lowest BCUT2D eigenvalue weighted by molar-refractivity contribution is -0.132. The fourth-order valence-corrected chi connectivity index (χ4v) is 11.5. The number of hydrogen-bond acceptors (Lipinski definition) is 15. The summed E-state index contributed by atoms with van der Waals surface area (Å²) in [6.07, 6.45) is -0.797. The zero-order valence-electron chi connectivity index (χ0n) is 38.1. The molecule has 3 heterocycles. The molecule has 1 aromatic heterocycles. The Bertz CT molecular complexity index is 2720. The van der Waals surface area contributed by atoms with Crippen molar-refractivity contribution in [2.45, 2.75) is 87.2 Å². The number of nitrogens with one attached hydrogen (secondary N) is 1. The van der Waals surface area contributed by atoms with Crippen molar-refractivity contribution in [3.8, 4) is 28.6 Å². The van der Waals surface area contributed by atoms with Gasteiger partial charge in [0.2, 0.25) is 25.9 Å². The Hall–Kier alpha value is -6.17. The normalized spacial score (nSPS) is 16.9. The molecule has 2 aliphatic rings. The number of methoxy groups -OCH3 is 3. The van der Waals surface area contributed by atoms with E-state index in [2.05, 4.69) is 20.1 Å². The fourth-order valence-electron chi connectivity index (χ4n) is 7.83. The summed E-state index contributed by atoms with van der Waals surface area (Å²) in [6.45, 7) is 5.00. The molecule has 0 aliphatic carbocycles. The number of hydrogen-bond donors (Lipinski definition) is 2. The lowest BCUT2D eigenvalue weighted by Crippen LogP contribution is -2.47. The predicted octanol–water partition coefficient (Wildman–Crippen LogP) is 4.48. The molecule has 22 heteroatoms. The summed E-state index contributed by atoms with van der Waals surface area (Å²) >= 11 is 0. The van der Waals surface area contributed by atoms with Gasteiger partial charge in [0.15, 0.2) is 6.10 Å². The number of rotatable bonds is 17. The van der Waals surface area contributed by atoms with Gasteiger partial charge in [-0.05, 0) is 110 Å². The monoisotopic (exact) mass is 961 g/mol. The molecule has 67 heavy (non-hydrogen) atoms. The van der Waals surface area contributed by atoms with Gasteiger partial charge in [0.25, 0.3) is 5.91 Å². The quantitative estimate of drug-likeness (QED) is 0.122. The van der Waals surface area contributed by atoms with Gasteiger partial charge in [-0.15, -0.1) is 10.2 Å². The third kappa shape index (κ3) is 11.3. The third-order valence-electron chi connectivity index (χ3n) is 11.2. The molecule has 5 aromatic rings. The summed E-state index contributed by atoms with van der Waals surface area (Å²) in [5, 5.41) is 13.3. The van der Waals surface area contributed by atoms with Crippen LogP contribution in [0.1, 0.15) is 56.7 Å². The second-order valence-corrected chi connectivity index (χ2v) is 20.6. The molecule has 0 bridgehead atoms. The number of nitrogens with zero attached hydrogens (tertiary/aromatic N) is 7. The van der Waals surface area contributed by atoms with E-state index in [1.807, 2.05) is 0 Å². The summed E-state index contributed by atoms with van der Waals surface area (Å²) < 4.78 is 87.5. The predicted molar refractivity (Wildman–Crippen MR) is 245 cm³/mol. The molecule has 0 saturated carbocycles. The maximum absolute atomic E-state index is 16.0. The topological polar surface area (TPSA) is 240 Å². The standard InChI is InChI=1S/C45H55N9O11S2/c1-45(2,3)64-44(56)51-25-23-33(29-51)49-66(57,58)39-22-21-37(53-24-7-8-38(65-46)43(53)55)40(42-47-50-54(48-42)28-32-13-19-36(63-6)20-14-32)41(39)67(59,60)52(26-30-9-15-34(61-4)16-10-30)27-31-11-17-35(62-5)18-12-31/h9-22,33,38,49H,7-8,23-29,46H2,1-6H3/t33-,38?/m1/s1. The van der Waals surface area contributed by atoms with Crippen molar-refractivity contribution in [3.05, 3.63) is 102 Å². The number of anilines is 1. The zero-order chi connectivity index (χ0) is 48.1. The Labute approximate surface area is 389 Å². The van der Waals surface area contributed by atoms with Gasteiger partial charge in [-0.2, -0.15) is 9.10 Å². The number of piperidine rings is 1. The van der Waals surface area contributed by atoms with E-state index in [1.165, 1.54) is 34.9 Å². The van der Waals surface area contributed by atoms with E-state index >= 15 is 16.8 Å². The van der Waals surface area contributed by atoms with E-state index in [9.17, 15) is 9.59 Å². The van der Waals surface area contributed by atoms with Gasteiger partial charge in [-0.3, -0.25) is 9.63 Å². The lowest BCUT2D eigenvalue weighted by atomic mass is 10.0. The minimum atomic E-state index is -5.01. The molecule has 0 radical (unpaired) electrons. The van der Waals surface area contributed by atoms with Crippen LogP contribution in [0.4, 0.5) is 10.5 Å². The molecule has 7 rings (SSSR count). The van der Waals surface area contributed by atoms with Gasteiger partial charge in [-0.1, -0.05) is 36.4 Å². The Morgan fingerprint density at radius 2 is 1.37 bits per heavy atom. The van der Waals surface area contributed by atoms with Crippen molar-refractivity contribution in [3.63, 3.8) is 0 Å². The molecule has 358 valence electrons. The molecule has 2 saturated heterocycles. The first kappa shape index (κ1) is 48.8. The second-order valence-electron chi connectivity index (χ2n) is 17.0. The van der Waals surface area contributed by atoms with Gasteiger partial charge in [-0.25, -0.2) is 32.2 Å². The number of benzene rings is 4. The SMILES string of the molecule is COc1ccc(CN(Cc2ccc(OC)cc2)S(=O)(=O)c2c(S(=O)(=O)N[C@@H]3CCN(C(=O)OC(C)(C)C)C3)ccc(N3CCCC(ON)C3=O)c2-c2nnn(Cc3ccc(OC)cc3)n2)cc1. The average molecular weight is 962 g/mol. The summed E-state index contributed by atoms with van der Waals surface area (Å²) in [5.41, 5.74) is 0.726. The van der Waals surface area contributed by atoms with E-state index in [1.54, 1.807) is 101 Å². The highest BCUT2D eigenvalue weighted by Crippen LogP contribution is 2.42. The van der Waals surface area contributed by atoms with Gasteiger partial charge < -0.3 is 28.7 Å². The molecule has 0 spiro atoms. The maximum atomic E-state index is 16.0. The number of amides is 2. The van der Waals surface area contributed by atoms with Crippen LogP contribution in [0.2, 0.25) is 0 Å². The molecule has 4 aromatic carbocycles. The van der Waals surface area contributed by atoms with E-state index < -0.39 is 59.6 Å². The van der Waals surface area contributed by atoms with E-state index in [-0.39, 0.29) is 69.2 Å². The molecule has 20 nitrogen and oxygen atoms in total. The van der Waals surface area contributed by atoms with Crippen LogP contribution in [0.25, 0.3) is 11.4 Å². The van der Waals surface area contributed by atoms with E-state index in [4.69, 9.17) is 29.7 Å². The minimum absolute atomic E-state index is 0.0147. The number of ether oxygens (including phenoxy) is 4. The van der Waals surface area contributed by atoms with Crippen molar-refractivity contribution >= 4 is 37.7 Å². The van der Waals surface area contributed by atoms with Crippen molar-refractivity contribution in [1.82, 2.24) is 34.1 Å². The minimum Gasteiger partial charge on any atom is -0.497 e. The molecule has 2 amide bonds. The van der Waals surface area contributed by atoms with Crippen LogP contribution in [-0.2, 0) is 54.0 Å². The number of carbonyl (C=O) groups excluding carboxylic acids is 2. The van der Waals surface area contributed by atoms with Crippen molar-refractivity contribution in [2.75, 3.05) is 45.9 Å². The van der Waals surface area contributed by atoms with Crippen LogP contribution >= 0.6 is 0 Å². The Kier molecular flexibility index (Phi) is 14.8. The number of tetrazole rings is 1. The lowest BCUT2D eigenvalue weighted by Gasteiger charge is -2.33. The van der Waals surface area contributed by atoms with Crippen LogP contribution in [0.3, 0.4) is 0 Å². The smallest absolute Gasteiger partial charge is 0.410 e.